The summed E-state index contributed by atoms with van der Waals surface area (Å²) >= 11 is 0. The highest BCUT2D eigenvalue weighted by molar-refractivity contribution is 6.62. The second-order valence-electron chi connectivity index (χ2n) is 5.93. The van der Waals surface area contributed by atoms with Crippen LogP contribution < -0.4 is 0 Å². The largest absolute Gasteiger partial charge is 0.460 e. The number of methoxy groups -OCH3 is 1. The molecule has 0 unspecified atom stereocenters. The molecular weight excluding hydrogens is 292 g/mol. The number of fused-ring (bicyclic) bond motifs is 3. The van der Waals surface area contributed by atoms with Crippen molar-refractivity contribution in [3.05, 3.63) is 5.53 Å². The lowest BCUT2D eigenvalue weighted by Gasteiger charge is -2.50. The quantitative estimate of drug-likeness (QED) is 0.171. The minimum Gasteiger partial charge on any atom is -0.460 e. The first kappa shape index (κ1) is 16.8. The third-order valence-corrected chi connectivity index (χ3v) is 3.80. The van der Waals surface area contributed by atoms with Crippen molar-refractivity contribution in [3.63, 3.8) is 0 Å². The van der Waals surface area contributed by atoms with Crippen molar-refractivity contribution in [1.82, 2.24) is 0 Å². The molecule has 3 saturated heterocycles. The Morgan fingerprint density at radius 3 is 2.27 bits per heavy atom. The zero-order chi connectivity index (χ0) is 16.2. The van der Waals surface area contributed by atoms with Gasteiger partial charge in [0.2, 0.25) is 0 Å². The Labute approximate surface area is 128 Å². The fourth-order valence-corrected chi connectivity index (χ4v) is 2.37. The number of Topliss-reactive ketones (excluding diaryl/α,β-unsaturated/α-hetero) is 1. The third kappa shape index (κ3) is 3.59. The lowest BCUT2D eigenvalue weighted by atomic mass is 9.91. The number of nitrogens with zero attached hydrogens (tertiary/aromatic N) is 2. The van der Waals surface area contributed by atoms with Gasteiger partial charge in [0.15, 0.2) is 0 Å². The van der Waals surface area contributed by atoms with Crippen molar-refractivity contribution in [1.29, 1.82) is 0 Å². The second-order valence-corrected chi connectivity index (χ2v) is 5.93. The molecule has 0 aromatic heterocycles. The Balaban J connectivity index is 1.75. The van der Waals surface area contributed by atoms with Gasteiger partial charge in [-0.1, -0.05) is 6.92 Å². The zero-order valence-electron chi connectivity index (χ0n) is 12.8. The number of hydrogen-bond donors (Lipinski definition) is 0. The van der Waals surface area contributed by atoms with Crippen LogP contribution in [0.5, 0.6) is 0 Å². The van der Waals surface area contributed by atoms with Gasteiger partial charge in [0.25, 0.3) is 11.8 Å². The van der Waals surface area contributed by atoms with Gasteiger partial charge in [-0.3, -0.25) is 4.79 Å². The molecule has 0 spiro atoms. The van der Waals surface area contributed by atoms with E-state index in [0.717, 1.165) is 7.11 Å². The van der Waals surface area contributed by atoms with E-state index in [2.05, 4.69) is 9.53 Å². The number of unbranched alkanes of at least 4 members (excludes halogenated alkanes) is 1. The molecule has 0 N–H and O–H groups in total. The summed E-state index contributed by atoms with van der Waals surface area (Å²) in [4.78, 5) is 25.6. The third-order valence-electron chi connectivity index (χ3n) is 3.80. The van der Waals surface area contributed by atoms with Crippen LogP contribution in [0.1, 0.15) is 32.6 Å². The summed E-state index contributed by atoms with van der Waals surface area (Å²) in [5.74, 6) is -2.51. The van der Waals surface area contributed by atoms with Gasteiger partial charge in [0.1, 0.15) is 0 Å². The van der Waals surface area contributed by atoms with Gasteiger partial charge in [0, 0.05) is 18.3 Å². The summed E-state index contributed by atoms with van der Waals surface area (Å²) in [7, 11) is 1.12. The summed E-state index contributed by atoms with van der Waals surface area (Å²) < 4.78 is 21.3. The molecule has 0 aliphatic carbocycles. The van der Waals surface area contributed by atoms with Gasteiger partial charge in [0.05, 0.1) is 26.9 Å². The minimum atomic E-state index is -1.00. The van der Waals surface area contributed by atoms with Crippen LogP contribution in [-0.4, -0.2) is 55.2 Å². The molecule has 0 atom stereocenters. The lowest BCUT2D eigenvalue weighted by molar-refractivity contribution is -0.467. The standard InChI is InChI=1S/C14H20N2O6/c1-13-7-20-14(21-8-13,22-9-13)6-4-3-5-10(17)11(16-15)12(18)19-2/h3-9H2,1-2H3. The van der Waals surface area contributed by atoms with E-state index in [9.17, 15) is 9.59 Å². The molecule has 3 aliphatic rings. The molecule has 3 aliphatic heterocycles. The molecule has 122 valence electrons. The van der Waals surface area contributed by atoms with Crippen LogP contribution in [0.25, 0.3) is 5.53 Å². The van der Waals surface area contributed by atoms with E-state index in [1.54, 1.807) is 0 Å². The molecule has 0 amide bonds. The summed E-state index contributed by atoms with van der Waals surface area (Å²) in [5.41, 5.74) is 8.01. The van der Waals surface area contributed by atoms with Crippen molar-refractivity contribution in [2.75, 3.05) is 26.9 Å². The Bertz CT molecular complexity index is 487. The summed E-state index contributed by atoms with van der Waals surface area (Å²) in [5, 5.41) is 0. The Morgan fingerprint density at radius 1 is 1.18 bits per heavy atom. The maximum Gasteiger partial charge on any atom is 0.441 e. The molecule has 0 radical (unpaired) electrons. The number of ether oxygens (including phenoxy) is 4. The maximum absolute atomic E-state index is 11.7. The molecule has 0 saturated carbocycles. The maximum atomic E-state index is 11.7. The van der Waals surface area contributed by atoms with E-state index in [0.29, 0.717) is 39.1 Å². The molecule has 3 fully saturated rings. The predicted molar refractivity (Wildman–Crippen MR) is 72.8 cm³/mol. The molecule has 0 aromatic rings. The number of hydrogen-bond acceptors (Lipinski definition) is 6. The summed E-state index contributed by atoms with van der Waals surface area (Å²) in [6, 6.07) is 0. The van der Waals surface area contributed by atoms with Crippen LogP contribution in [-0.2, 0) is 28.5 Å². The predicted octanol–water partition coefficient (Wildman–Crippen LogP) is 0.697. The van der Waals surface area contributed by atoms with Crippen LogP contribution >= 0.6 is 0 Å². The van der Waals surface area contributed by atoms with E-state index in [4.69, 9.17) is 19.7 Å². The van der Waals surface area contributed by atoms with E-state index in [1.165, 1.54) is 0 Å². The molecule has 3 heterocycles. The monoisotopic (exact) mass is 312 g/mol. The smallest absolute Gasteiger partial charge is 0.441 e. The number of carbonyl (C=O) groups is 2. The van der Waals surface area contributed by atoms with Crippen LogP contribution in [0.15, 0.2) is 0 Å². The van der Waals surface area contributed by atoms with E-state index < -0.39 is 23.4 Å². The van der Waals surface area contributed by atoms with Crippen molar-refractivity contribution >= 4 is 17.5 Å². The molecule has 8 heteroatoms. The fourth-order valence-electron chi connectivity index (χ4n) is 2.37. The zero-order valence-corrected chi connectivity index (χ0v) is 12.8. The highest BCUT2D eigenvalue weighted by Crippen LogP contribution is 2.40. The van der Waals surface area contributed by atoms with Crippen LogP contribution in [0, 0.1) is 5.41 Å². The van der Waals surface area contributed by atoms with Gasteiger partial charge < -0.3 is 24.5 Å². The molecule has 8 nitrogen and oxygen atoms in total. The minimum absolute atomic E-state index is 0.0717. The van der Waals surface area contributed by atoms with E-state index >= 15 is 0 Å². The number of carbonyl (C=O) groups excluding carboxylic acids is 2. The van der Waals surface area contributed by atoms with Crippen LogP contribution in [0.4, 0.5) is 0 Å². The van der Waals surface area contributed by atoms with Gasteiger partial charge in [-0.15, -0.1) is 0 Å². The van der Waals surface area contributed by atoms with Gasteiger partial charge >= 0.3 is 11.7 Å². The number of ketones is 1. The topological polar surface area (TPSA) is 107 Å². The van der Waals surface area contributed by atoms with Crippen molar-refractivity contribution in [2.45, 2.75) is 38.6 Å². The lowest BCUT2D eigenvalue weighted by Crippen LogP contribution is -2.58. The molecular formula is C14H20N2O6. The van der Waals surface area contributed by atoms with Crippen LogP contribution in [0.2, 0.25) is 0 Å². The van der Waals surface area contributed by atoms with Crippen molar-refractivity contribution in [3.8, 4) is 0 Å². The summed E-state index contributed by atoms with van der Waals surface area (Å²) in [6.07, 6.45) is 1.68. The summed E-state index contributed by atoms with van der Waals surface area (Å²) in [6.45, 7) is 3.82. The first-order valence-electron chi connectivity index (χ1n) is 7.19. The first-order valence-corrected chi connectivity index (χ1v) is 7.19. The fraction of sp³-hybridized carbons (Fsp3) is 0.786. The Kier molecular flexibility index (Phi) is 5.08. The average Bonchev–Trinajstić information content (AvgIpc) is 2.53. The average molecular weight is 312 g/mol. The highest BCUT2D eigenvalue weighted by atomic mass is 16.9. The van der Waals surface area contributed by atoms with Gasteiger partial charge in [-0.2, -0.15) is 4.79 Å². The normalized spacial score (nSPS) is 29.7. The molecule has 0 aromatic carbocycles. The van der Waals surface area contributed by atoms with Crippen molar-refractivity contribution in [2.24, 2.45) is 5.41 Å². The van der Waals surface area contributed by atoms with Gasteiger partial charge in [-0.05, 0) is 12.8 Å². The van der Waals surface area contributed by atoms with Crippen LogP contribution in [0.3, 0.4) is 0 Å². The number of rotatable bonds is 7. The van der Waals surface area contributed by atoms with E-state index in [-0.39, 0.29) is 11.8 Å². The van der Waals surface area contributed by atoms with Gasteiger partial charge in [-0.25, -0.2) is 4.79 Å². The SMILES string of the molecule is COC(=O)C(=[N+]=[N-])C(=O)CCCCC12OCC(C)(CO1)CO2. The molecule has 22 heavy (non-hydrogen) atoms. The second kappa shape index (κ2) is 6.66. The Morgan fingerprint density at radius 2 is 1.77 bits per heavy atom. The molecule has 3 rings (SSSR count). The number of esters is 1. The first-order chi connectivity index (χ1) is 10.4. The highest BCUT2D eigenvalue weighted by Gasteiger charge is 2.49. The Hall–Kier alpha value is -1.60. The van der Waals surface area contributed by atoms with Crippen molar-refractivity contribution < 1.29 is 33.3 Å². The molecule has 2 bridgehead atoms. The van der Waals surface area contributed by atoms with E-state index in [1.807, 2.05) is 6.92 Å².